The van der Waals surface area contributed by atoms with Crippen LogP contribution in [0.2, 0.25) is 0 Å². The summed E-state index contributed by atoms with van der Waals surface area (Å²) >= 11 is 0. The van der Waals surface area contributed by atoms with Gasteiger partial charge in [0, 0.05) is 31.9 Å². The van der Waals surface area contributed by atoms with Gasteiger partial charge in [0.1, 0.15) is 0 Å². The van der Waals surface area contributed by atoms with E-state index >= 15 is 0 Å². The first-order chi connectivity index (χ1) is 8.25. The average Bonchev–Trinajstić information content (AvgIpc) is 2.38. The lowest BCUT2D eigenvalue weighted by Gasteiger charge is -2.26. The Morgan fingerprint density at radius 2 is 2.18 bits per heavy atom. The van der Waals surface area contributed by atoms with Crippen LogP contribution in [0.3, 0.4) is 0 Å². The molecule has 1 aliphatic heterocycles. The standard InChI is InChI=1S/C12H20N4O/c1-10(2)14-9-11-3-4-13-12(15-11)16-5-7-17-8-6-16/h3-4,10,14H,5-9H2,1-2H3. The Kier molecular flexibility index (Phi) is 4.28. The molecule has 94 valence electrons. The van der Waals surface area contributed by atoms with E-state index in [9.17, 15) is 0 Å². The minimum absolute atomic E-state index is 0.469. The Morgan fingerprint density at radius 1 is 1.41 bits per heavy atom. The van der Waals surface area contributed by atoms with E-state index in [0.717, 1.165) is 44.5 Å². The highest BCUT2D eigenvalue weighted by molar-refractivity contribution is 5.30. The molecular formula is C12H20N4O. The molecule has 0 amide bonds. The molecule has 1 aromatic rings. The number of hydrogen-bond acceptors (Lipinski definition) is 5. The molecule has 5 nitrogen and oxygen atoms in total. The quantitative estimate of drug-likeness (QED) is 0.838. The third kappa shape index (κ3) is 3.64. The Balaban J connectivity index is 2.00. The summed E-state index contributed by atoms with van der Waals surface area (Å²) in [5, 5.41) is 3.36. The van der Waals surface area contributed by atoms with E-state index < -0.39 is 0 Å². The Morgan fingerprint density at radius 3 is 2.88 bits per heavy atom. The van der Waals surface area contributed by atoms with Crippen LogP contribution in [0.15, 0.2) is 12.3 Å². The molecule has 5 heteroatoms. The van der Waals surface area contributed by atoms with Crippen LogP contribution in [0.1, 0.15) is 19.5 Å². The third-order valence-corrected chi connectivity index (χ3v) is 2.69. The van der Waals surface area contributed by atoms with Gasteiger partial charge in [-0.15, -0.1) is 0 Å². The van der Waals surface area contributed by atoms with E-state index in [0.29, 0.717) is 6.04 Å². The van der Waals surface area contributed by atoms with Gasteiger partial charge in [-0.1, -0.05) is 13.8 Å². The van der Waals surface area contributed by atoms with Crippen molar-refractivity contribution in [2.24, 2.45) is 0 Å². The summed E-state index contributed by atoms with van der Waals surface area (Å²) in [5.41, 5.74) is 1.04. The van der Waals surface area contributed by atoms with Crippen molar-refractivity contribution in [2.75, 3.05) is 31.2 Å². The maximum atomic E-state index is 5.32. The molecule has 1 aromatic heterocycles. The van der Waals surface area contributed by atoms with Crippen LogP contribution in [0.4, 0.5) is 5.95 Å². The Labute approximate surface area is 102 Å². The van der Waals surface area contributed by atoms with Crippen LogP contribution in [-0.2, 0) is 11.3 Å². The van der Waals surface area contributed by atoms with Crippen LogP contribution in [0, 0.1) is 0 Å². The number of nitrogens with one attached hydrogen (secondary N) is 1. The van der Waals surface area contributed by atoms with E-state index in [1.807, 2.05) is 12.3 Å². The van der Waals surface area contributed by atoms with Gasteiger partial charge >= 0.3 is 0 Å². The molecule has 1 saturated heterocycles. The summed E-state index contributed by atoms with van der Waals surface area (Å²) in [7, 11) is 0. The van der Waals surface area contributed by atoms with E-state index in [-0.39, 0.29) is 0 Å². The maximum Gasteiger partial charge on any atom is 0.225 e. The van der Waals surface area contributed by atoms with Gasteiger partial charge in [-0.25, -0.2) is 9.97 Å². The van der Waals surface area contributed by atoms with Gasteiger partial charge in [0.15, 0.2) is 0 Å². The molecule has 0 aliphatic carbocycles. The second kappa shape index (κ2) is 5.93. The van der Waals surface area contributed by atoms with Crippen LogP contribution in [0.5, 0.6) is 0 Å². The normalized spacial score (nSPS) is 16.5. The van der Waals surface area contributed by atoms with Crippen molar-refractivity contribution in [3.63, 3.8) is 0 Å². The minimum Gasteiger partial charge on any atom is -0.378 e. The van der Waals surface area contributed by atoms with Gasteiger partial charge in [0.2, 0.25) is 5.95 Å². The van der Waals surface area contributed by atoms with Crippen molar-refractivity contribution >= 4 is 5.95 Å². The van der Waals surface area contributed by atoms with E-state index in [2.05, 4.69) is 34.0 Å². The molecule has 2 rings (SSSR count). The zero-order valence-electron chi connectivity index (χ0n) is 10.5. The van der Waals surface area contributed by atoms with Crippen LogP contribution in [-0.4, -0.2) is 42.3 Å². The second-order valence-corrected chi connectivity index (χ2v) is 4.48. The summed E-state index contributed by atoms with van der Waals surface area (Å²) in [6.45, 7) is 8.32. The summed E-state index contributed by atoms with van der Waals surface area (Å²) in [4.78, 5) is 11.1. The van der Waals surface area contributed by atoms with Crippen LogP contribution >= 0.6 is 0 Å². The lowest BCUT2D eigenvalue weighted by molar-refractivity contribution is 0.122. The van der Waals surface area contributed by atoms with E-state index in [4.69, 9.17) is 4.74 Å². The van der Waals surface area contributed by atoms with Crippen molar-refractivity contribution in [3.05, 3.63) is 18.0 Å². The topological polar surface area (TPSA) is 50.3 Å². The zero-order valence-corrected chi connectivity index (χ0v) is 10.5. The molecule has 0 radical (unpaired) electrons. The number of nitrogens with zero attached hydrogens (tertiary/aromatic N) is 3. The van der Waals surface area contributed by atoms with Gasteiger partial charge in [-0.2, -0.15) is 0 Å². The van der Waals surface area contributed by atoms with Crippen molar-refractivity contribution in [1.29, 1.82) is 0 Å². The first-order valence-electron chi connectivity index (χ1n) is 6.13. The molecule has 17 heavy (non-hydrogen) atoms. The summed E-state index contributed by atoms with van der Waals surface area (Å²) in [5.74, 6) is 0.816. The van der Waals surface area contributed by atoms with Gasteiger partial charge in [-0.3, -0.25) is 0 Å². The fourth-order valence-electron chi connectivity index (χ4n) is 1.71. The molecule has 0 bridgehead atoms. The first kappa shape index (κ1) is 12.3. The molecule has 2 heterocycles. The van der Waals surface area contributed by atoms with Gasteiger partial charge in [-0.05, 0) is 6.07 Å². The monoisotopic (exact) mass is 236 g/mol. The molecular weight excluding hydrogens is 216 g/mol. The lowest BCUT2D eigenvalue weighted by atomic mass is 10.3. The molecule has 0 atom stereocenters. The van der Waals surface area contributed by atoms with Crippen LogP contribution in [0.25, 0.3) is 0 Å². The van der Waals surface area contributed by atoms with Crippen molar-refractivity contribution in [3.8, 4) is 0 Å². The maximum absolute atomic E-state index is 5.32. The number of morpholine rings is 1. The van der Waals surface area contributed by atoms with Gasteiger partial charge in [0.25, 0.3) is 0 Å². The smallest absolute Gasteiger partial charge is 0.225 e. The summed E-state index contributed by atoms with van der Waals surface area (Å²) in [6.07, 6.45) is 1.83. The zero-order chi connectivity index (χ0) is 12.1. The van der Waals surface area contributed by atoms with E-state index in [1.165, 1.54) is 0 Å². The van der Waals surface area contributed by atoms with Gasteiger partial charge in [0.05, 0.1) is 18.9 Å². The third-order valence-electron chi connectivity index (χ3n) is 2.69. The summed E-state index contributed by atoms with van der Waals surface area (Å²) in [6, 6.07) is 2.43. The predicted molar refractivity (Wildman–Crippen MR) is 67.0 cm³/mol. The molecule has 0 aromatic carbocycles. The number of hydrogen-bond donors (Lipinski definition) is 1. The molecule has 1 N–H and O–H groups in total. The van der Waals surface area contributed by atoms with E-state index in [1.54, 1.807) is 0 Å². The fraction of sp³-hybridized carbons (Fsp3) is 0.667. The van der Waals surface area contributed by atoms with Crippen LogP contribution < -0.4 is 10.2 Å². The van der Waals surface area contributed by atoms with Crippen molar-refractivity contribution < 1.29 is 4.74 Å². The van der Waals surface area contributed by atoms with Crippen molar-refractivity contribution in [1.82, 2.24) is 15.3 Å². The fourth-order valence-corrected chi connectivity index (χ4v) is 1.71. The second-order valence-electron chi connectivity index (χ2n) is 4.48. The molecule has 0 spiro atoms. The number of aromatic nitrogens is 2. The SMILES string of the molecule is CC(C)NCc1ccnc(N2CCOCC2)n1. The highest BCUT2D eigenvalue weighted by Crippen LogP contribution is 2.09. The molecule has 1 fully saturated rings. The summed E-state index contributed by atoms with van der Waals surface area (Å²) < 4.78 is 5.32. The van der Waals surface area contributed by atoms with Gasteiger partial charge < -0.3 is 15.0 Å². The average molecular weight is 236 g/mol. The number of ether oxygens (including phenoxy) is 1. The minimum atomic E-state index is 0.469. The molecule has 0 unspecified atom stereocenters. The number of rotatable bonds is 4. The first-order valence-corrected chi connectivity index (χ1v) is 6.13. The largest absolute Gasteiger partial charge is 0.378 e. The highest BCUT2D eigenvalue weighted by atomic mass is 16.5. The Hall–Kier alpha value is -1.20. The lowest BCUT2D eigenvalue weighted by Crippen LogP contribution is -2.37. The van der Waals surface area contributed by atoms with Crippen molar-refractivity contribution in [2.45, 2.75) is 26.4 Å². The Bertz CT molecular complexity index is 350. The predicted octanol–water partition coefficient (Wildman–Crippen LogP) is 0.811. The highest BCUT2D eigenvalue weighted by Gasteiger charge is 2.13. The molecule has 0 saturated carbocycles. The molecule has 1 aliphatic rings. The number of anilines is 1.